The number of aromatic nitrogens is 6. The van der Waals surface area contributed by atoms with Crippen LogP contribution in [-0.4, -0.2) is 98.3 Å². The van der Waals surface area contributed by atoms with Crippen molar-refractivity contribution in [3.63, 3.8) is 0 Å². The Morgan fingerprint density at radius 1 is 1.13 bits per heavy atom. The van der Waals surface area contributed by atoms with Crippen molar-refractivity contribution in [2.45, 2.75) is 90.6 Å². The molecule has 15 nitrogen and oxygen atoms in total. The number of hydrogen-bond donors (Lipinski definition) is 2. The number of nitrogens with two attached hydrogens (primary N) is 1. The summed E-state index contributed by atoms with van der Waals surface area (Å²) in [6.45, 7) is 12.6. The van der Waals surface area contributed by atoms with Crippen LogP contribution in [0.25, 0.3) is 43.5 Å². The van der Waals surface area contributed by atoms with Crippen molar-refractivity contribution >= 4 is 49.1 Å². The second-order valence-corrected chi connectivity index (χ2v) is 18.0. The average Bonchev–Trinajstić information content (AvgIpc) is 4.05. The number of benzene rings is 2. The monoisotopic (exact) mass is 873 g/mol. The van der Waals surface area contributed by atoms with Crippen molar-refractivity contribution in [3.05, 3.63) is 65.7 Å². The van der Waals surface area contributed by atoms with Crippen molar-refractivity contribution in [3.8, 4) is 40.3 Å². The number of nitriles is 1. The Kier molecular flexibility index (Phi) is 12.1. The zero-order valence-corrected chi connectivity index (χ0v) is 36.8. The highest BCUT2D eigenvalue weighted by atomic mass is 32.1. The van der Waals surface area contributed by atoms with Crippen LogP contribution in [0.1, 0.15) is 77.0 Å². The quantitative estimate of drug-likeness (QED) is 0.125. The number of pyridine rings is 1. The SMILES string of the molecule is CCC1CN(c2nc(OC3CCOCC3)nc3c(OCc4ccc(-c5cn(C(C(=O)N6CCCC6C)C(C)C)nn5)cc4)c(-c4ccc(F)c5sc(N)c(C#N)c45)ncc23)CCN1. The molecule has 2 aromatic carbocycles. The Labute approximate surface area is 369 Å². The third kappa shape index (κ3) is 8.34. The molecule has 0 spiro atoms. The first-order valence-corrected chi connectivity index (χ1v) is 22.7. The fourth-order valence-electron chi connectivity index (χ4n) is 8.99. The molecule has 4 aromatic heterocycles. The van der Waals surface area contributed by atoms with E-state index >= 15 is 4.39 Å². The van der Waals surface area contributed by atoms with Gasteiger partial charge in [0.05, 0.1) is 35.1 Å². The van der Waals surface area contributed by atoms with E-state index in [0.717, 1.165) is 61.4 Å². The number of carbonyl (C=O) groups excluding carboxylic acids is 1. The van der Waals surface area contributed by atoms with Crippen LogP contribution >= 0.6 is 11.3 Å². The fraction of sp³-hybridized carbons (Fsp3) is 0.457. The minimum atomic E-state index is -0.483. The second kappa shape index (κ2) is 18.0. The van der Waals surface area contributed by atoms with Gasteiger partial charge in [-0.3, -0.25) is 9.78 Å². The summed E-state index contributed by atoms with van der Waals surface area (Å²) in [5, 5.41) is 24.0. The summed E-state index contributed by atoms with van der Waals surface area (Å²) >= 11 is 1.03. The third-order valence-corrected chi connectivity index (χ3v) is 13.5. The molecule has 0 radical (unpaired) electrons. The first-order valence-electron chi connectivity index (χ1n) is 21.9. The fourth-order valence-corrected chi connectivity index (χ4v) is 9.94. The number of amides is 1. The molecule has 3 fully saturated rings. The average molecular weight is 874 g/mol. The minimum absolute atomic E-state index is 0.0263. The van der Waals surface area contributed by atoms with Gasteiger partial charge in [-0.05, 0) is 49.8 Å². The third-order valence-electron chi connectivity index (χ3n) is 12.5. The van der Waals surface area contributed by atoms with Gasteiger partial charge in [-0.2, -0.15) is 15.2 Å². The summed E-state index contributed by atoms with van der Waals surface area (Å²) in [5.74, 6) is 0.635. The number of nitrogen functional groups attached to an aromatic ring is 1. The summed E-state index contributed by atoms with van der Waals surface area (Å²) in [6, 6.07) is 13.2. The van der Waals surface area contributed by atoms with Crippen molar-refractivity contribution < 1.29 is 23.4 Å². The number of fused-ring (bicyclic) bond motifs is 2. The van der Waals surface area contributed by atoms with Gasteiger partial charge in [0, 0.05) is 73.8 Å². The molecule has 328 valence electrons. The predicted octanol–water partition coefficient (Wildman–Crippen LogP) is 7.29. The van der Waals surface area contributed by atoms with Crippen molar-refractivity contribution in [1.82, 2.24) is 40.2 Å². The number of likely N-dealkylation sites (tertiary alicyclic amines) is 1. The zero-order chi connectivity index (χ0) is 43.8. The lowest BCUT2D eigenvalue weighted by Crippen LogP contribution is -2.50. The van der Waals surface area contributed by atoms with Gasteiger partial charge in [-0.15, -0.1) is 16.4 Å². The summed E-state index contributed by atoms with van der Waals surface area (Å²) in [6.07, 6.45) is 7.82. The van der Waals surface area contributed by atoms with E-state index in [1.165, 1.54) is 6.07 Å². The van der Waals surface area contributed by atoms with Crippen LogP contribution in [0.3, 0.4) is 0 Å². The van der Waals surface area contributed by atoms with Gasteiger partial charge in [0.1, 0.15) is 58.4 Å². The van der Waals surface area contributed by atoms with Crippen LogP contribution < -0.4 is 25.4 Å². The summed E-state index contributed by atoms with van der Waals surface area (Å²) < 4.78 is 36.3. The maximum Gasteiger partial charge on any atom is 0.319 e. The number of anilines is 2. The topological polar surface area (TPSA) is 182 Å². The first kappa shape index (κ1) is 42.3. The number of rotatable bonds is 12. The molecule has 0 aliphatic carbocycles. The van der Waals surface area contributed by atoms with Gasteiger partial charge in [-0.1, -0.05) is 50.3 Å². The van der Waals surface area contributed by atoms with E-state index in [2.05, 4.69) is 40.4 Å². The van der Waals surface area contributed by atoms with Crippen LogP contribution in [0.5, 0.6) is 11.8 Å². The van der Waals surface area contributed by atoms with Gasteiger partial charge >= 0.3 is 6.01 Å². The lowest BCUT2D eigenvalue weighted by Gasteiger charge is -2.35. The number of halogens is 1. The Morgan fingerprint density at radius 2 is 1.94 bits per heavy atom. The largest absolute Gasteiger partial charge is 0.484 e. The van der Waals surface area contributed by atoms with Crippen LogP contribution in [0.4, 0.5) is 15.2 Å². The van der Waals surface area contributed by atoms with Crippen LogP contribution in [0, 0.1) is 23.1 Å². The highest BCUT2D eigenvalue weighted by molar-refractivity contribution is 7.23. The summed E-state index contributed by atoms with van der Waals surface area (Å²) in [7, 11) is 0. The lowest BCUT2D eigenvalue weighted by atomic mass is 10.0. The maximum atomic E-state index is 15.4. The smallest absolute Gasteiger partial charge is 0.319 e. The van der Waals surface area contributed by atoms with Crippen molar-refractivity contribution in [2.75, 3.05) is 50.0 Å². The molecule has 17 heteroatoms. The van der Waals surface area contributed by atoms with Gasteiger partial charge in [0.25, 0.3) is 0 Å². The number of hydrogen-bond acceptors (Lipinski definition) is 14. The van der Waals surface area contributed by atoms with E-state index in [1.807, 2.05) is 49.2 Å². The molecular formula is C46H52FN11O4S. The van der Waals surface area contributed by atoms with Crippen molar-refractivity contribution in [1.29, 1.82) is 5.26 Å². The molecule has 7 heterocycles. The molecule has 3 unspecified atom stereocenters. The molecule has 9 rings (SSSR count). The van der Waals surface area contributed by atoms with Gasteiger partial charge in [0.2, 0.25) is 5.91 Å². The molecule has 63 heavy (non-hydrogen) atoms. The second-order valence-electron chi connectivity index (χ2n) is 17.0. The number of thiophene rings is 1. The predicted molar refractivity (Wildman–Crippen MR) is 240 cm³/mol. The van der Waals surface area contributed by atoms with E-state index in [9.17, 15) is 10.1 Å². The zero-order valence-electron chi connectivity index (χ0n) is 36.0. The number of nitrogens with zero attached hydrogens (tertiary/aromatic N) is 9. The molecule has 3 N–H and O–H groups in total. The van der Waals surface area contributed by atoms with Gasteiger partial charge < -0.3 is 35.1 Å². The van der Waals surface area contributed by atoms with Crippen molar-refractivity contribution in [2.24, 2.45) is 5.92 Å². The number of nitrogens with one attached hydrogen (secondary N) is 1. The standard InChI is InChI=1S/C46H52FN11O4S/c1-5-30-23-56(18-16-50-30)44-34-22-51-38(32-12-13-35(47)42-37(32)33(21-48)43(49)63-42)41(39(34)52-46(53-44)62-31-14-19-60-20-15-31)61-25-28-8-10-29(11-9-28)36-24-58(55-54-36)40(26(2)3)45(59)57-17-6-7-27(57)4/h8-13,22,24,26-27,30-31,40,50H,5-7,14-20,23,25,49H2,1-4H3. The Bertz CT molecular complexity index is 2680. The normalized spacial score (nSPS) is 18.9. The van der Waals surface area contributed by atoms with E-state index in [0.29, 0.717) is 77.4 Å². The Balaban J connectivity index is 1.10. The molecule has 1 amide bonds. The van der Waals surface area contributed by atoms with E-state index in [1.54, 1.807) is 16.9 Å². The number of piperazine rings is 1. The minimum Gasteiger partial charge on any atom is -0.484 e. The van der Waals surface area contributed by atoms with Crippen LogP contribution in [-0.2, 0) is 16.1 Å². The highest BCUT2D eigenvalue weighted by Gasteiger charge is 2.35. The van der Waals surface area contributed by atoms with E-state index < -0.39 is 11.9 Å². The van der Waals surface area contributed by atoms with Crippen LogP contribution in [0.15, 0.2) is 48.8 Å². The Hall–Kier alpha value is -5.96. The summed E-state index contributed by atoms with van der Waals surface area (Å²) in [4.78, 5) is 32.9. The van der Waals surface area contributed by atoms with E-state index in [4.69, 9.17) is 34.9 Å². The Morgan fingerprint density at radius 3 is 2.67 bits per heavy atom. The molecule has 6 aromatic rings. The number of carbonyl (C=O) groups is 1. The molecular weight excluding hydrogens is 822 g/mol. The molecule has 0 bridgehead atoms. The van der Waals surface area contributed by atoms with Gasteiger partial charge in [0.15, 0.2) is 5.75 Å². The maximum absolute atomic E-state index is 15.4. The molecule has 0 saturated carbocycles. The summed E-state index contributed by atoms with van der Waals surface area (Å²) in [5.41, 5.74) is 10.1. The van der Waals surface area contributed by atoms with Crippen LogP contribution in [0.2, 0.25) is 0 Å². The highest BCUT2D eigenvalue weighted by Crippen LogP contribution is 2.45. The first-order chi connectivity index (χ1) is 30.6. The number of ether oxygens (including phenoxy) is 3. The molecule has 3 aliphatic rings. The van der Waals surface area contributed by atoms with E-state index in [-0.39, 0.29) is 57.9 Å². The molecule has 3 saturated heterocycles. The molecule has 3 aliphatic heterocycles. The molecule has 3 atom stereocenters. The lowest BCUT2D eigenvalue weighted by molar-refractivity contribution is -0.137. The van der Waals surface area contributed by atoms with Gasteiger partial charge in [-0.25, -0.2) is 9.07 Å².